The topological polar surface area (TPSA) is 82.5 Å². The van der Waals surface area contributed by atoms with Crippen molar-refractivity contribution in [2.75, 3.05) is 12.8 Å². The van der Waals surface area contributed by atoms with E-state index in [4.69, 9.17) is 26.8 Å². The Morgan fingerprint density at radius 1 is 1.20 bits per heavy atom. The fraction of sp³-hybridized carbons (Fsp3) is 0.278. The number of aromatic hydroxyl groups is 1. The molecule has 0 unspecified atom stereocenters. The van der Waals surface area contributed by atoms with Crippen LogP contribution in [0.5, 0.6) is 23.3 Å². The molecule has 0 saturated heterocycles. The summed E-state index contributed by atoms with van der Waals surface area (Å²) in [4.78, 5) is 4.49. The molecule has 0 aliphatic heterocycles. The van der Waals surface area contributed by atoms with Crippen molar-refractivity contribution in [2.24, 2.45) is 0 Å². The molecule has 0 saturated carbocycles. The number of phenolic OH excluding ortho intramolecular Hbond substituents is 1. The molecular weight excluding hydrogens is 342 g/mol. The minimum Gasteiger partial charge on any atom is -0.504 e. The molecule has 0 atom stereocenters. The van der Waals surface area contributed by atoms with Crippen LogP contribution in [-0.4, -0.2) is 21.8 Å². The molecule has 25 heavy (non-hydrogen) atoms. The second-order valence-corrected chi connectivity index (χ2v) is 7.12. The molecule has 2 aromatic carbocycles. The number of nitrogens with zero attached hydrogens (tertiary/aromatic N) is 2. The number of imidazole rings is 1. The third-order valence-electron chi connectivity index (χ3n) is 3.71. The molecule has 0 spiro atoms. The lowest BCUT2D eigenvalue weighted by Crippen LogP contribution is -2.22. The number of anilines is 1. The summed E-state index contributed by atoms with van der Waals surface area (Å²) in [5, 5.41) is 10.3. The minimum atomic E-state index is -0.236. The Balaban J connectivity index is 2.10. The first-order chi connectivity index (χ1) is 11.7. The highest BCUT2D eigenvalue weighted by molar-refractivity contribution is 6.32. The molecular formula is C18H20ClN3O3. The zero-order chi connectivity index (χ0) is 18.4. The summed E-state index contributed by atoms with van der Waals surface area (Å²) in [7, 11) is 1.59. The van der Waals surface area contributed by atoms with Gasteiger partial charge in [-0.3, -0.25) is 4.57 Å². The first-order valence-corrected chi connectivity index (χ1v) is 8.11. The number of fused-ring (bicyclic) bond motifs is 1. The molecule has 6 nitrogen and oxygen atoms in total. The molecule has 7 heteroatoms. The van der Waals surface area contributed by atoms with Gasteiger partial charge in [-0.25, -0.2) is 0 Å². The average molecular weight is 362 g/mol. The van der Waals surface area contributed by atoms with E-state index in [2.05, 4.69) is 25.8 Å². The van der Waals surface area contributed by atoms with E-state index in [1.807, 2.05) is 16.7 Å². The van der Waals surface area contributed by atoms with E-state index < -0.39 is 0 Å². The van der Waals surface area contributed by atoms with Gasteiger partial charge in [-0.2, -0.15) is 4.98 Å². The normalized spacial score (nSPS) is 11.7. The second kappa shape index (κ2) is 6.04. The first kappa shape index (κ1) is 17.2. The highest BCUT2D eigenvalue weighted by Crippen LogP contribution is 2.40. The highest BCUT2D eigenvalue weighted by Gasteiger charge is 2.23. The Kier molecular flexibility index (Phi) is 4.16. The summed E-state index contributed by atoms with van der Waals surface area (Å²) < 4.78 is 13.2. The van der Waals surface area contributed by atoms with E-state index >= 15 is 0 Å². The van der Waals surface area contributed by atoms with E-state index in [9.17, 15) is 5.11 Å². The van der Waals surface area contributed by atoms with Crippen LogP contribution in [0.2, 0.25) is 5.02 Å². The van der Waals surface area contributed by atoms with Gasteiger partial charge in [0.15, 0.2) is 11.5 Å². The Morgan fingerprint density at radius 3 is 2.52 bits per heavy atom. The molecule has 132 valence electrons. The number of ether oxygens (including phenoxy) is 2. The average Bonchev–Trinajstić information content (AvgIpc) is 2.88. The van der Waals surface area contributed by atoms with Gasteiger partial charge < -0.3 is 20.3 Å². The quantitative estimate of drug-likeness (QED) is 0.669. The van der Waals surface area contributed by atoms with Crippen molar-refractivity contribution in [2.45, 2.75) is 26.3 Å². The Bertz CT molecular complexity index is 922. The maximum Gasteiger partial charge on any atom is 0.297 e. The molecule has 0 amide bonds. The van der Waals surface area contributed by atoms with Crippen molar-refractivity contribution < 1.29 is 14.6 Å². The molecule has 3 aromatic rings. The van der Waals surface area contributed by atoms with Crippen molar-refractivity contribution in [1.29, 1.82) is 0 Å². The van der Waals surface area contributed by atoms with Crippen molar-refractivity contribution in [3.05, 3.63) is 35.4 Å². The predicted octanol–water partition coefficient (Wildman–Crippen LogP) is 4.53. The zero-order valence-corrected chi connectivity index (χ0v) is 15.3. The summed E-state index contributed by atoms with van der Waals surface area (Å²) in [6, 6.07) is 8.86. The van der Waals surface area contributed by atoms with E-state index in [-0.39, 0.29) is 22.1 Å². The highest BCUT2D eigenvalue weighted by atomic mass is 35.5. The van der Waals surface area contributed by atoms with Crippen molar-refractivity contribution in [3.63, 3.8) is 0 Å². The van der Waals surface area contributed by atoms with Crippen molar-refractivity contribution in [3.8, 4) is 23.3 Å². The largest absolute Gasteiger partial charge is 0.504 e. The lowest BCUT2D eigenvalue weighted by atomic mass is 10.1. The van der Waals surface area contributed by atoms with Crippen LogP contribution in [0.15, 0.2) is 30.3 Å². The maximum atomic E-state index is 10.0. The third-order valence-corrected chi connectivity index (χ3v) is 4.00. The van der Waals surface area contributed by atoms with Gasteiger partial charge in [0, 0.05) is 23.4 Å². The number of nitrogen functional groups attached to an aromatic ring is 1. The van der Waals surface area contributed by atoms with Gasteiger partial charge in [0.25, 0.3) is 6.01 Å². The summed E-state index contributed by atoms with van der Waals surface area (Å²) in [5.74, 6) is 0.554. The van der Waals surface area contributed by atoms with Crippen LogP contribution >= 0.6 is 11.6 Å². The van der Waals surface area contributed by atoms with Crippen LogP contribution in [0, 0.1) is 0 Å². The van der Waals surface area contributed by atoms with Gasteiger partial charge in [-0.05, 0) is 39.0 Å². The van der Waals surface area contributed by atoms with Crippen LogP contribution in [0.3, 0.4) is 0 Å². The molecule has 0 radical (unpaired) electrons. The van der Waals surface area contributed by atoms with Gasteiger partial charge in [0.1, 0.15) is 5.75 Å². The predicted molar refractivity (Wildman–Crippen MR) is 98.9 cm³/mol. The van der Waals surface area contributed by atoms with Crippen LogP contribution in [0.4, 0.5) is 5.69 Å². The number of hydrogen-bond donors (Lipinski definition) is 2. The summed E-state index contributed by atoms with van der Waals surface area (Å²) in [6.07, 6.45) is 0. The molecule has 1 aromatic heterocycles. The number of aromatic nitrogens is 2. The number of halogens is 1. The number of rotatable bonds is 3. The number of hydrogen-bond acceptors (Lipinski definition) is 5. The number of nitrogens with two attached hydrogens (primary N) is 1. The zero-order valence-electron chi connectivity index (χ0n) is 14.5. The van der Waals surface area contributed by atoms with Crippen LogP contribution in [0.25, 0.3) is 11.0 Å². The van der Waals surface area contributed by atoms with Gasteiger partial charge in [-0.15, -0.1) is 0 Å². The van der Waals surface area contributed by atoms with Gasteiger partial charge in [0.05, 0.1) is 23.2 Å². The molecule has 0 aliphatic rings. The lowest BCUT2D eigenvalue weighted by molar-refractivity contribution is 0.304. The molecule has 1 heterocycles. The Hall–Kier alpha value is -2.60. The fourth-order valence-electron chi connectivity index (χ4n) is 2.70. The van der Waals surface area contributed by atoms with Gasteiger partial charge in [-0.1, -0.05) is 11.6 Å². The SMILES string of the molecule is COc1nc2ccc(Oc3c(O)cc(N)cc3Cl)cc2n1C(C)(C)C. The van der Waals surface area contributed by atoms with Crippen LogP contribution in [-0.2, 0) is 5.54 Å². The van der Waals surface area contributed by atoms with Crippen LogP contribution in [0.1, 0.15) is 20.8 Å². The van der Waals surface area contributed by atoms with Crippen molar-refractivity contribution in [1.82, 2.24) is 9.55 Å². The molecule has 3 N–H and O–H groups in total. The third kappa shape index (κ3) is 3.17. The summed E-state index contributed by atoms with van der Waals surface area (Å²) in [6.45, 7) is 6.19. The van der Waals surface area contributed by atoms with E-state index in [0.717, 1.165) is 11.0 Å². The summed E-state index contributed by atoms with van der Waals surface area (Å²) in [5.41, 5.74) is 7.42. The number of phenols is 1. The molecule has 0 fully saturated rings. The van der Waals surface area contributed by atoms with Crippen LogP contribution < -0.4 is 15.2 Å². The van der Waals surface area contributed by atoms with Gasteiger partial charge >= 0.3 is 0 Å². The first-order valence-electron chi connectivity index (χ1n) is 7.73. The minimum absolute atomic E-state index is 0.119. The molecule has 3 rings (SSSR count). The number of methoxy groups -OCH3 is 1. The Labute approximate surface area is 150 Å². The molecule has 0 aliphatic carbocycles. The second-order valence-electron chi connectivity index (χ2n) is 6.71. The van der Waals surface area contributed by atoms with Crippen molar-refractivity contribution >= 4 is 28.3 Å². The van der Waals surface area contributed by atoms with E-state index in [1.165, 1.54) is 12.1 Å². The lowest BCUT2D eigenvalue weighted by Gasteiger charge is -2.23. The van der Waals surface area contributed by atoms with E-state index in [0.29, 0.717) is 17.4 Å². The molecule has 0 bridgehead atoms. The maximum absolute atomic E-state index is 10.0. The standard InChI is InChI=1S/C18H20ClN3O3/c1-18(2,3)22-14-9-11(5-6-13(14)21-17(22)24-4)25-16-12(19)7-10(20)8-15(16)23/h5-9,23H,20H2,1-4H3. The monoisotopic (exact) mass is 361 g/mol. The smallest absolute Gasteiger partial charge is 0.297 e. The Morgan fingerprint density at radius 2 is 1.92 bits per heavy atom. The van der Waals surface area contributed by atoms with E-state index in [1.54, 1.807) is 13.2 Å². The fourth-order valence-corrected chi connectivity index (χ4v) is 2.96. The number of benzene rings is 2. The van der Waals surface area contributed by atoms with Gasteiger partial charge in [0.2, 0.25) is 0 Å². The summed E-state index contributed by atoms with van der Waals surface area (Å²) >= 11 is 6.13.